The van der Waals surface area contributed by atoms with Gasteiger partial charge in [0.25, 0.3) is 11.8 Å². The fourth-order valence-electron chi connectivity index (χ4n) is 2.55. The van der Waals surface area contributed by atoms with Gasteiger partial charge in [0.2, 0.25) is 0 Å². The van der Waals surface area contributed by atoms with Crippen LogP contribution in [0.15, 0.2) is 67.1 Å². The summed E-state index contributed by atoms with van der Waals surface area (Å²) in [5.41, 5.74) is 2.30. The maximum atomic E-state index is 12.9. The molecular formula is C21H19FN4O2. The molecule has 0 unspecified atom stereocenters. The van der Waals surface area contributed by atoms with Gasteiger partial charge in [-0.15, -0.1) is 0 Å². The fourth-order valence-corrected chi connectivity index (χ4v) is 2.55. The smallest absolute Gasteiger partial charge is 0.270 e. The predicted molar refractivity (Wildman–Crippen MR) is 102 cm³/mol. The molecule has 2 N–H and O–H groups in total. The lowest BCUT2D eigenvalue weighted by atomic mass is 10.1. The number of halogens is 1. The van der Waals surface area contributed by atoms with E-state index in [2.05, 4.69) is 20.6 Å². The van der Waals surface area contributed by atoms with E-state index in [9.17, 15) is 14.0 Å². The molecule has 2 heterocycles. The van der Waals surface area contributed by atoms with E-state index in [1.165, 1.54) is 24.4 Å². The van der Waals surface area contributed by atoms with Crippen molar-refractivity contribution in [3.05, 3.63) is 95.3 Å². The summed E-state index contributed by atoms with van der Waals surface area (Å²) in [5.74, 6) is -0.963. The quantitative estimate of drug-likeness (QED) is 0.662. The van der Waals surface area contributed by atoms with Crippen LogP contribution in [0.4, 0.5) is 4.39 Å². The Morgan fingerprint density at radius 1 is 0.929 bits per heavy atom. The van der Waals surface area contributed by atoms with Crippen molar-refractivity contribution in [1.29, 1.82) is 0 Å². The summed E-state index contributed by atoms with van der Waals surface area (Å²) in [7, 11) is 0. The number of rotatable bonds is 7. The normalized spacial score (nSPS) is 10.3. The summed E-state index contributed by atoms with van der Waals surface area (Å²) in [5, 5.41) is 5.53. The lowest BCUT2D eigenvalue weighted by Crippen LogP contribution is -2.27. The molecule has 1 aromatic carbocycles. The van der Waals surface area contributed by atoms with E-state index in [4.69, 9.17) is 0 Å². The molecular weight excluding hydrogens is 359 g/mol. The number of carbonyl (C=O) groups is 2. The van der Waals surface area contributed by atoms with Crippen LogP contribution in [-0.4, -0.2) is 28.3 Å². The van der Waals surface area contributed by atoms with Crippen LogP contribution in [0.1, 0.15) is 32.0 Å². The lowest BCUT2D eigenvalue weighted by Gasteiger charge is -2.08. The number of benzene rings is 1. The molecule has 0 bridgehead atoms. The number of nitrogens with zero attached hydrogens (tertiary/aromatic N) is 2. The Labute approximate surface area is 161 Å². The van der Waals surface area contributed by atoms with Gasteiger partial charge in [0.1, 0.15) is 11.5 Å². The number of amides is 2. The number of hydrogen-bond donors (Lipinski definition) is 2. The summed E-state index contributed by atoms with van der Waals surface area (Å²) < 4.78 is 12.9. The van der Waals surface area contributed by atoms with Gasteiger partial charge < -0.3 is 10.6 Å². The molecule has 7 heteroatoms. The molecule has 2 aromatic heterocycles. The van der Waals surface area contributed by atoms with Crippen molar-refractivity contribution in [1.82, 2.24) is 20.6 Å². The van der Waals surface area contributed by atoms with Gasteiger partial charge in [0.15, 0.2) is 0 Å². The van der Waals surface area contributed by atoms with Crippen LogP contribution in [0.3, 0.4) is 0 Å². The van der Waals surface area contributed by atoms with Crippen LogP contribution in [-0.2, 0) is 13.0 Å². The summed E-state index contributed by atoms with van der Waals surface area (Å²) in [6.07, 6.45) is 5.33. The first kappa shape index (κ1) is 19.2. The Morgan fingerprint density at radius 2 is 1.75 bits per heavy atom. The average molecular weight is 378 g/mol. The Bertz CT molecular complexity index is 946. The number of pyridine rings is 2. The molecule has 0 saturated carbocycles. The van der Waals surface area contributed by atoms with Gasteiger partial charge in [0, 0.05) is 37.2 Å². The summed E-state index contributed by atoms with van der Waals surface area (Å²) in [6.45, 7) is 0.720. The Morgan fingerprint density at radius 3 is 2.50 bits per heavy atom. The highest BCUT2D eigenvalue weighted by molar-refractivity contribution is 5.98. The van der Waals surface area contributed by atoms with Crippen molar-refractivity contribution >= 4 is 11.8 Å². The second-order valence-corrected chi connectivity index (χ2v) is 6.11. The second-order valence-electron chi connectivity index (χ2n) is 6.11. The maximum Gasteiger partial charge on any atom is 0.270 e. The molecule has 28 heavy (non-hydrogen) atoms. The van der Waals surface area contributed by atoms with Crippen molar-refractivity contribution in [3.63, 3.8) is 0 Å². The zero-order chi connectivity index (χ0) is 19.8. The number of carbonyl (C=O) groups excluding carboxylic acids is 2. The van der Waals surface area contributed by atoms with Crippen LogP contribution >= 0.6 is 0 Å². The SMILES string of the molecule is O=C(NCCc1ccc(F)cc1)c1ccnc(C(=O)NCc2cccnc2)c1. The van der Waals surface area contributed by atoms with Crippen LogP contribution in [0.5, 0.6) is 0 Å². The van der Waals surface area contributed by atoms with Gasteiger partial charge in [-0.2, -0.15) is 0 Å². The van der Waals surface area contributed by atoms with Gasteiger partial charge in [-0.25, -0.2) is 4.39 Å². The maximum absolute atomic E-state index is 12.9. The Balaban J connectivity index is 1.53. The van der Waals surface area contributed by atoms with Crippen molar-refractivity contribution < 1.29 is 14.0 Å². The van der Waals surface area contributed by atoms with E-state index in [0.29, 0.717) is 25.1 Å². The van der Waals surface area contributed by atoms with Gasteiger partial charge >= 0.3 is 0 Å². The minimum atomic E-state index is -0.371. The van der Waals surface area contributed by atoms with Crippen LogP contribution in [0.25, 0.3) is 0 Å². The first-order valence-electron chi connectivity index (χ1n) is 8.77. The molecule has 0 aliphatic heterocycles. The zero-order valence-electron chi connectivity index (χ0n) is 15.1. The average Bonchev–Trinajstić information content (AvgIpc) is 2.74. The molecule has 0 aliphatic carbocycles. The standard InChI is InChI=1S/C21H19FN4O2/c22-18-5-3-15(4-6-18)7-10-25-20(27)17-8-11-24-19(12-17)21(28)26-14-16-2-1-9-23-13-16/h1-6,8-9,11-13H,7,10,14H2,(H,25,27)(H,26,28). The molecule has 0 spiro atoms. The number of aromatic nitrogens is 2. The summed E-state index contributed by atoms with van der Waals surface area (Å²) >= 11 is 0. The van der Waals surface area contributed by atoms with Gasteiger partial charge in [-0.1, -0.05) is 18.2 Å². The highest BCUT2D eigenvalue weighted by Crippen LogP contribution is 2.05. The van der Waals surface area contributed by atoms with Gasteiger partial charge in [-0.3, -0.25) is 19.6 Å². The van der Waals surface area contributed by atoms with Crippen molar-refractivity contribution in [2.24, 2.45) is 0 Å². The summed E-state index contributed by atoms with van der Waals surface area (Å²) in [6, 6.07) is 12.8. The highest BCUT2D eigenvalue weighted by Gasteiger charge is 2.11. The lowest BCUT2D eigenvalue weighted by molar-refractivity contribution is 0.0946. The molecule has 3 rings (SSSR count). The second kappa shape index (κ2) is 9.36. The van der Waals surface area contributed by atoms with E-state index < -0.39 is 0 Å². The van der Waals surface area contributed by atoms with E-state index in [-0.39, 0.29) is 23.3 Å². The van der Waals surface area contributed by atoms with Gasteiger partial charge in [-0.05, 0) is 47.9 Å². The van der Waals surface area contributed by atoms with Crippen LogP contribution in [0.2, 0.25) is 0 Å². The monoisotopic (exact) mass is 378 g/mol. The van der Waals surface area contributed by atoms with E-state index in [1.807, 2.05) is 6.07 Å². The molecule has 0 radical (unpaired) electrons. The third kappa shape index (κ3) is 5.44. The fraction of sp³-hybridized carbons (Fsp3) is 0.143. The number of nitrogens with one attached hydrogen (secondary N) is 2. The molecule has 0 aliphatic rings. The van der Waals surface area contributed by atoms with Crippen LogP contribution < -0.4 is 10.6 Å². The Hall–Kier alpha value is -3.61. The Kier molecular flexibility index (Phi) is 6.41. The van der Waals surface area contributed by atoms with E-state index in [1.54, 1.807) is 36.7 Å². The van der Waals surface area contributed by atoms with Crippen molar-refractivity contribution in [2.75, 3.05) is 6.54 Å². The minimum Gasteiger partial charge on any atom is -0.352 e. The molecule has 0 fully saturated rings. The third-order valence-corrected chi connectivity index (χ3v) is 4.04. The molecule has 0 atom stereocenters. The van der Waals surface area contributed by atoms with E-state index >= 15 is 0 Å². The molecule has 0 saturated heterocycles. The largest absolute Gasteiger partial charge is 0.352 e. The van der Waals surface area contributed by atoms with Crippen molar-refractivity contribution in [3.8, 4) is 0 Å². The number of hydrogen-bond acceptors (Lipinski definition) is 4. The van der Waals surface area contributed by atoms with Crippen LogP contribution in [0, 0.1) is 5.82 Å². The first-order valence-corrected chi connectivity index (χ1v) is 8.77. The molecule has 142 valence electrons. The topological polar surface area (TPSA) is 84.0 Å². The third-order valence-electron chi connectivity index (χ3n) is 4.04. The minimum absolute atomic E-state index is 0.162. The van der Waals surface area contributed by atoms with Crippen molar-refractivity contribution in [2.45, 2.75) is 13.0 Å². The molecule has 3 aromatic rings. The highest BCUT2D eigenvalue weighted by atomic mass is 19.1. The zero-order valence-corrected chi connectivity index (χ0v) is 15.1. The summed E-state index contributed by atoms with van der Waals surface area (Å²) in [4.78, 5) is 32.6. The van der Waals surface area contributed by atoms with Gasteiger partial charge in [0.05, 0.1) is 0 Å². The van der Waals surface area contributed by atoms with E-state index in [0.717, 1.165) is 11.1 Å². The molecule has 6 nitrogen and oxygen atoms in total. The first-order chi connectivity index (χ1) is 13.6. The molecule has 2 amide bonds. The predicted octanol–water partition coefficient (Wildman–Crippen LogP) is 2.52.